The third kappa shape index (κ3) is 5.78. The topological polar surface area (TPSA) is 42.3 Å². The van der Waals surface area contributed by atoms with Crippen LogP contribution in [0.5, 0.6) is 0 Å². The molecule has 0 radical (unpaired) electrons. The summed E-state index contributed by atoms with van der Waals surface area (Å²) in [5, 5.41) is 12.5. The molecule has 116 valence electrons. The summed E-state index contributed by atoms with van der Waals surface area (Å²) >= 11 is 0. The van der Waals surface area contributed by atoms with Crippen LogP contribution in [0.2, 0.25) is 0 Å². The van der Waals surface area contributed by atoms with Gasteiger partial charge in [0.2, 0.25) is 0 Å². The fourth-order valence-electron chi connectivity index (χ4n) is 2.89. The van der Waals surface area contributed by atoms with E-state index < -0.39 is 0 Å². The van der Waals surface area contributed by atoms with E-state index in [0.29, 0.717) is 6.04 Å². The van der Waals surface area contributed by atoms with Crippen molar-refractivity contribution in [2.75, 3.05) is 39.3 Å². The summed E-state index contributed by atoms with van der Waals surface area (Å²) in [5.74, 6) is 0. The maximum Gasteiger partial charge on any atom is 0.103 e. The fraction of sp³-hybridized carbons (Fsp3) is 0.938. The number of hydrogen-bond donors (Lipinski definition) is 1. The lowest BCUT2D eigenvalue weighted by Crippen LogP contribution is -2.49. The summed E-state index contributed by atoms with van der Waals surface area (Å²) < 4.78 is 0. The summed E-state index contributed by atoms with van der Waals surface area (Å²) in [5.41, 5.74) is -0.342. The molecule has 1 rings (SSSR count). The van der Waals surface area contributed by atoms with Gasteiger partial charge in [-0.15, -0.1) is 0 Å². The molecule has 0 aliphatic carbocycles. The van der Waals surface area contributed by atoms with Crippen LogP contribution in [0.15, 0.2) is 0 Å². The largest absolute Gasteiger partial charge is 0.301 e. The molecule has 1 atom stereocenters. The van der Waals surface area contributed by atoms with Gasteiger partial charge < -0.3 is 4.90 Å². The molecule has 1 aliphatic rings. The maximum absolute atomic E-state index is 9.22. The maximum atomic E-state index is 9.22. The molecule has 1 saturated heterocycles. The number of hydrogen-bond acceptors (Lipinski definition) is 4. The van der Waals surface area contributed by atoms with E-state index in [1.54, 1.807) is 0 Å². The Morgan fingerprint density at radius 2 is 1.85 bits per heavy atom. The minimum Gasteiger partial charge on any atom is -0.301 e. The van der Waals surface area contributed by atoms with Crippen molar-refractivity contribution in [3.63, 3.8) is 0 Å². The average Bonchev–Trinajstić information content (AvgIpc) is 2.44. The molecule has 0 aromatic carbocycles. The molecule has 1 fully saturated rings. The molecule has 0 spiro atoms. The van der Waals surface area contributed by atoms with Crippen molar-refractivity contribution in [1.82, 2.24) is 15.1 Å². The Kier molecular flexibility index (Phi) is 7.50. The molecular formula is C16H32N4. The smallest absolute Gasteiger partial charge is 0.103 e. The van der Waals surface area contributed by atoms with Crippen LogP contribution in [0, 0.1) is 11.3 Å². The van der Waals surface area contributed by atoms with Gasteiger partial charge in [0.1, 0.15) is 5.54 Å². The lowest BCUT2D eigenvalue weighted by molar-refractivity contribution is 0.107. The molecule has 4 heteroatoms. The molecule has 1 aliphatic heterocycles. The van der Waals surface area contributed by atoms with E-state index in [9.17, 15) is 5.26 Å². The van der Waals surface area contributed by atoms with Gasteiger partial charge in [0.25, 0.3) is 0 Å². The van der Waals surface area contributed by atoms with E-state index in [-0.39, 0.29) is 5.54 Å². The summed E-state index contributed by atoms with van der Waals surface area (Å²) in [6.45, 7) is 15.5. The zero-order valence-corrected chi connectivity index (χ0v) is 13.8. The van der Waals surface area contributed by atoms with Gasteiger partial charge in [-0.05, 0) is 53.1 Å². The predicted molar refractivity (Wildman–Crippen MR) is 84.7 cm³/mol. The predicted octanol–water partition coefficient (Wildman–Crippen LogP) is 2.07. The Hall–Kier alpha value is -0.630. The molecule has 0 aromatic heterocycles. The third-order valence-electron chi connectivity index (χ3n) is 4.35. The monoisotopic (exact) mass is 280 g/mol. The molecular weight excluding hydrogens is 248 g/mol. The normalized spacial score (nSPS) is 20.8. The van der Waals surface area contributed by atoms with E-state index in [4.69, 9.17) is 0 Å². The highest BCUT2D eigenvalue weighted by atomic mass is 15.3. The first-order valence-electron chi connectivity index (χ1n) is 8.13. The lowest BCUT2D eigenvalue weighted by Gasteiger charge is -2.37. The number of unbranched alkanes of at least 4 members (excludes halogenated alkanes) is 1. The van der Waals surface area contributed by atoms with Gasteiger partial charge >= 0.3 is 0 Å². The molecule has 1 unspecified atom stereocenters. The van der Waals surface area contributed by atoms with Crippen molar-refractivity contribution in [3.05, 3.63) is 0 Å². The minimum atomic E-state index is -0.342. The van der Waals surface area contributed by atoms with Gasteiger partial charge in [0.05, 0.1) is 6.07 Å². The summed E-state index contributed by atoms with van der Waals surface area (Å²) in [7, 11) is 0. The number of nitrogens with zero attached hydrogens (tertiary/aromatic N) is 3. The van der Waals surface area contributed by atoms with Crippen LogP contribution in [0.4, 0.5) is 0 Å². The van der Waals surface area contributed by atoms with Crippen LogP contribution in [-0.2, 0) is 0 Å². The second kappa shape index (κ2) is 8.61. The highest BCUT2D eigenvalue weighted by Gasteiger charge is 2.22. The number of rotatable bonds is 8. The summed E-state index contributed by atoms with van der Waals surface area (Å²) in [6.07, 6.45) is 3.27. The molecule has 0 saturated carbocycles. The van der Waals surface area contributed by atoms with Gasteiger partial charge in [0.15, 0.2) is 0 Å². The number of nitriles is 1. The van der Waals surface area contributed by atoms with Gasteiger partial charge in [-0.1, -0.05) is 6.92 Å². The lowest BCUT2D eigenvalue weighted by atomic mass is 9.96. The average molecular weight is 280 g/mol. The molecule has 0 amide bonds. The van der Waals surface area contributed by atoms with Crippen LogP contribution < -0.4 is 5.32 Å². The van der Waals surface area contributed by atoms with E-state index in [0.717, 1.165) is 19.4 Å². The van der Waals surface area contributed by atoms with Crippen molar-refractivity contribution in [2.45, 2.75) is 58.5 Å². The first kappa shape index (κ1) is 17.4. The zero-order valence-electron chi connectivity index (χ0n) is 13.8. The standard InChI is InChI=1S/C16H32N4/c1-5-18-16(4,14-17)8-6-7-9-19-10-12-20(13-11-19)15(2)3/h15,18H,5-13H2,1-4H3. The molecule has 1 N–H and O–H groups in total. The Morgan fingerprint density at radius 3 is 2.35 bits per heavy atom. The van der Waals surface area contributed by atoms with Crippen LogP contribution in [0.25, 0.3) is 0 Å². The van der Waals surface area contributed by atoms with Crippen LogP contribution >= 0.6 is 0 Å². The molecule has 0 bridgehead atoms. The zero-order chi connectivity index (χ0) is 15.0. The van der Waals surface area contributed by atoms with E-state index >= 15 is 0 Å². The van der Waals surface area contributed by atoms with E-state index in [1.807, 2.05) is 6.92 Å². The molecule has 0 aromatic rings. The van der Waals surface area contributed by atoms with Gasteiger partial charge in [0, 0.05) is 32.2 Å². The Balaban J connectivity index is 2.15. The second-order valence-electron chi connectivity index (χ2n) is 6.40. The van der Waals surface area contributed by atoms with Crippen molar-refractivity contribution in [3.8, 4) is 6.07 Å². The van der Waals surface area contributed by atoms with Crippen molar-refractivity contribution in [2.24, 2.45) is 0 Å². The quantitative estimate of drug-likeness (QED) is 0.691. The summed E-state index contributed by atoms with van der Waals surface area (Å²) in [4.78, 5) is 5.12. The van der Waals surface area contributed by atoms with Crippen molar-refractivity contribution in [1.29, 1.82) is 5.26 Å². The van der Waals surface area contributed by atoms with Crippen LogP contribution in [-0.4, -0.2) is 60.6 Å². The number of nitrogens with one attached hydrogen (secondary N) is 1. The van der Waals surface area contributed by atoms with Crippen LogP contribution in [0.1, 0.15) is 47.0 Å². The highest BCUT2D eigenvalue weighted by molar-refractivity contribution is 5.03. The molecule has 20 heavy (non-hydrogen) atoms. The minimum absolute atomic E-state index is 0.342. The Bertz CT molecular complexity index is 302. The highest BCUT2D eigenvalue weighted by Crippen LogP contribution is 2.14. The van der Waals surface area contributed by atoms with Gasteiger partial charge in [-0.2, -0.15) is 5.26 Å². The van der Waals surface area contributed by atoms with Gasteiger partial charge in [-0.25, -0.2) is 0 Å². The first-order valence-corrected chi connectivity index (χ1v) is 8.13. The second-order valence-corrected chi connectivity index (χ2v) is 6.40. The molecule has 1 heterocycles. The third-order valence-corrected chi connectivity index (χ3v) is 4.35. The summed E-state index contributed by atoms with van der Waals surface area (Å²) in [6, 6.07) is 3.08. The van der Waals surface area contributed by atoms with Gasteiger partial charge in [-0.3, -0.25) is 10.2 Å². The van der Waals surface area contributed by atoms with Crippen molar-refractivity contribution >= 4 is 0 Å². The van der Waals surface area contributed by atoms with E-state index in [1.165, 1.54) is 39.1 Å². The Labute approximate surface area is 125 Å². The fourth-order valence-corrected chi connectivity index (χ4v) is 2.89. The number of piperazine rings is 1. The van der Waals surface area contributed by atoms with Crippen molar-refractivity contribution < 1.29 is 0 Å². The molecule has 4 nitrogen and oxygen atoms in total. The van der Waals surface area contributed by atoms with E-state index in [2.05, 4.69) is 42.0 Å². The van der Waals surface area contributed by atoms with Crippen LogP contribution in [0.3, 0.4) is 0 Å². The SMILES string of the molecule is CCNC(C)(C#N)CCCCN1CCN(C(C)C)CC1. The Morgan fingerprint density at radius 1 is 1.20 bits per heavy atom. The first-order chi connectivity index (χ1) is 9.50.